The van der Waals surface area contributed by atoms with E-state index >= 15 is 0 Å². The molecule has 1 saturated carbocycles. The van der Waals surface area contributed by atoms with Gasteiger partial charge in [-0.1, -0.05) is 41.6 Å². The van der Waals surface area contributed by atoms with E-state index in [1.165, 1.54) is 0 Å². The van der Waals surface area contributed by atoms with Crippen LogP contribution in [0, 0.1) is 6.92 Å². The molecule has 4 rings (SSSR count). The number of aromatic nitrogens is 2. The van der Waals surface area contributed by atoms with Crippen molar-refractivity contribution in [2.45, 2.75) is 32.1 Å². The van der Waals surface area contributed by atoms with Crippen molar-refractivity contribution in [3.63, 3.8) is 0 Å². The lowest BCUT2D eigenvalue weighted by Gasteiger charge is -2.08. The van der Waals surface area contributed by atoms with Crippen molar-refractivity contribution >= 4 is 11.6 Å². The Morgan fingerprint density at radius 3 is 2.84 bits per heavy atom. The molecule has 1 fully saturated rings. The van der Waals surface area contributed by atoms with E-state index in [1.807, 2.05) is 55.5 Å². The smallest absolute Gasteiger partial charge is 0.230 e. The summed E-state index contributed by atoms with van der Waals surface area (Å²) in [4.78, 5) is 16.8. The Kier molecular flexibility index (Phi) is 4.06. The van der Waals surface area contributed by atoms with E-state index in [0.717, 1.165) is 35.2 Å². The molecule has 3 aromatic rings. The lowest BCUT2D eigenvalue weighted by atomic mass is 10.1. The zero-order valence-corrected chi connectivity index (χ0v) is 14.0. The highest BCUT2D eigenvalue weighted by atomic mass is 16.5. The average molecular weight is 333 g/mol. The number of hydrogen-bond donors (Lipinski definition) is 1. The number of carbonyl (C=O) groups excluding carboxylic acids is 1. The molecule has 0 aliphatic heterocycles. The molecule has 1 aromatic heterocycles. The summed E-state index contributed by atoms with van der Waals surface area (Å²) in [6.45, 7) is 2.01. The number of rotatable bonds is 5. The topological polar surface area (TPSA) is 68.0 Å². The van der Waals surface area contributed by atoms with Crippen LogP contribution in [0.1, 0.15) is 35.8 Å². The van der Waals surface area contributed by atoms with E-state index < -0.39 is 0 Å². The lowest BCUT2D eigenvalue weighted by Crippen LogP contribution is -2.15. The minimum absolute atomic E-state index is 0.0433. The fourth-order valence-electron chi connectivity index (χ4n) is 2.77. The molecule has 1 amide bonds. The summed E-state index contributed by atoms with van der Waals surface area (Å²) in [7, 11) is 0. The summed E-state index contributed by atoms with van der Waals surface area (Å²) in [5.74, 6) is 1.66. The first-order chi connectivity index (χ1) is 12.2. The molecule has 1 aliphatic rings. The molecule has 0 unspecified atom stereocenters. The second-order valence-corrected chi connectivity index (χ2v) is 6.46. The minimum Gasteiger partial charge on any atom is -0.339 e. The number of benzene rings is 2. The molecule has 1 heterocycles. The maximum Gasteiger partial charge on any atom is 0.230 e. The van der Waals surface area contributed by atoms with Crippen molar-refractivity contribution in [2.24, 2.45) is 0 Å². The van der Waals surface area contributed by atoms with E-state index in [1.54, 1.807) is 0 Å². The fraction of sp³-hybridized carbons (Fsp3) is 0.250. The SMILES string of the molecule is Cc1ccccc1CC(=O)Nc1cccc(-c2noc(C3CC3)n2)c1. The van der Waals surface area contributed by atoms with Crippen molar-refractivity contribution in [3.05, 3.63) is 65.5 Å². The maximum atomic E-state index is 12.3. The van der Waals surface area contributed by atoms with Gasteiger partial charge in [-0.3, -0.25) is 4.79 Å². The lowest BCUT2D eigenvalue weighted by molar-refractivity contribution is -0.115. The molecule has 25 heavy (non-hydrogen) atoms. The van der Waals surface area contributed by atoms with Gasteiger partial charge in [0.05, 0.1) is 6.42 Å². The molecule has 0 radical (unpaired) electrons. The predicted molar refractivity (Wildman–Crippen MR) is 95.2 cm³/mol. The van der Waals surface area contributed by atoms with Gasteiger partial charge >= 0.3 is 0 Å². The zero-order chi connectivity index (χ0) is 17.2. The molecule has 0 atom stereocenters. The second-order valence-electron chi connectivity index (χ2n) is 6.46. The summed E-state index contributed by atoms with van der Waals surface area (Å²) in [5, 5.41) is 6.99. The third kappa shape index (κ3) is 3.60. The van der Waals surface area contributed by atoms with Crippen LogP contribution in [0.2, 0.25) is 0 Å². The van der Waals surface area contributed by atoms with Gasteiger partial charge in [-0.2, -0.15) is 4.98 Å². The Morgan fingerprint density at radius 1 is 1.20 bits per heavy atom. The third-order valence-electron chi connectivity index (χ3n) is 4.39. The number of carbonyl (C=O) groups is 1. The number of anilines is 1. The molecule has 0 bridgehead atoms. The van der Waals surface area contributed by atoms with Gasteiger partial charge in [-0.15, -0.1) is 0 Å². The molecule has 5 nitrogen and oxygen atoms in total. The first kappa shape index (κ1) is 15.6. The summed E-state index contributed by atoms with van der Waals surface area (Å²) >= 11 is 0. The normalized spacial score (nSPS) is 13.6. The van der Waals surface area contributed by atoms with E-state index in [9.17, 15) is 4.79 Å². The Hall–Kier alpha value is -2.95. The molecule has 126 valence electrons. The summed E-state index contributed by atoms with van der Waals surface area (Å²) in [6.07, 6.45) is 2.60. The van der Waals surface area contributed by atoms with Gasteiger partial charge in [0.15, 0.2) is 0 Å². The Labute approximate surface area is 146 Å². The van der Waals surface area contributed by atoms with E-state index in [4.69, 9.17) is 4.52 Å². The van der Waals surface area contributed by atoms with E-state index in [2.05, 4.69) is 15.5 Å². The van der Waals surface area contributed by atoms with Gasteiger partial charge in [0.25, 0.3) is 0 Å². The average Bonchev–Trinajstić information content (AvgIpc) is 3.34. The number of aryl methyl sites for hydroxylation is 1. The molecule has 1 aliphatic carbocycles. The number of nitrogens with one attached hydrogen (secondary N) is 1. The van der Waals surface area contributed by atoms with Crippen LogP contribution in [0.25, 0.3) is 11.4 Å². The first-order valence-electron chi connectivity index (χ1n) is 8.47. The summed E-state index contributed by atoms with van der Waals surface area (Å²) in [6, 6.07) is 15.4. The molecule has 5 heteroatoms. The van der Waals surface area contributed by atoms with Crippen molar-refractivity contribution in [1.82, 2.24) is 10.1 Å². The van der Waals surface area contributed by atoms with Crippen LogP contribution in [0.15, 0.2) is 53.1 Å². The van der Waals surface area contributed by atoms with E-state index in [0.29, 0.717) is 24.1 Å². The molecule has 0 spiro atoms. The highest BCUT2D eigenvalue weighted by Gasteiger charge is 2.29. The van der Waals surface area contributed by atoms with E-state index in [-0.39, 0.29) is 5.91 Å². The van der Waals surface area contributed by atoms with Gasteiger partial charge in [-0.05, 0) is 43.0 Å². The van der Waals surface area contributed by atoms with Crippen LogP contribution < -0.4 is 5.32 Å². The fourth-order valence-corrected chi connectivity index (χ4v) is 2.77. The van der Waals surface area contributed by atoms with Gasteiger partial charge in [0.2, 0.25) is 17.6 Å². The Morgan fingerprint density at radius 2 is 2.04 bits per heavy atom. The second kappa shape index (κ2) is 6.51. The standard InChI is InChI=1S/C20H19N3O2/c1-13-5-2-3-6-15(13)12-18(24)21-17-8-4-7-16(11-17)19-22-20(25-23-19)14-9-10-14/h2-8,11,14H,9-10,12H2,1H3,(H,21,24). The summed E-state index contributed by atoms with van der Waals surface area (Å²) in [5.41, 5.74) is 3.72. The quantitative estimate of drug-likeness (QED) is 0.763. The van der Waals surface area contributed by atoms with Crippen molar-refractivity contribution in [1.29, 1.82) is 0 Å². The van der Waals surface area contributed by atoms with Crippen LogP contribution in [-0.2, 0) is 11.2 Å². The van der Waals surface area contributed by atoms with Crippen LogP contribution in [0.5, 0.6) is 0 Å². The zero-order valence-electron chi connectivity index (χ0n) is 14.0. The Bertz CT molecular complexity index is 913. The van der Waals surface area contributed by atoms with Gasteiger partial charge in [-0.25, -0.2) is 0 Å². The van der Waals surface area contributed by atoms with Crippen LogP contribution in [-0.4, -0.2) is 16.0 Å². The first-order valence-corrected chi connectivity index (χ1v) is 8.47. The molecular formula is C20H19N3O2. The number of nitrogens with zero attached hydrogens (tertiary/aromatic N) is 2. The van der Waals surface area contributed by atoms with Crippen LogP contribution in [0.4, 0.5) is 5.69 Å². The van der Waals surface area contributed by atoms with Gasteiger partial charge in [0, 0.05) is 17.2 Å². The highest BCUT2D eigenvalue weighted by Crippen LogP contribution is 2.39. The third-order valence-corrected chi connectivity index (χ3v) is 4.39. The summed E-state index contributed by atoms with van der Waals surface area (Å²) < 4.78 is 5.31. The molecule has 2 aromatic carbocycles. The van der Waals surface area contributed by atoms with Crippen LogP contribution >= 0.6 is 0 Å². The minimum atomic E-state index is -0.0433. The van der Waals surface area contributed by atoms with Crippen molar-refractivity contribution in [3.8, 4) is 11.4 Å². The maximum absolute atomic E-state index is 12.3. The van der Waals surface area contributed by atoms with Crippen molar-refractivity contribution < 1.29 is 9.32 Å². The number of amides is 1. The molecule has 1 N–H and O–H groups in total. The highest BCUT2D eigenvalue weighted by molar-refractivity contribution is 5.93. The molecular weight excluding hydrogens is 314 g/mol. The monoisotopic (exact) mass is 333 g/mol. The van der Waals surface area contributed by atoms with Gasteiger partial charge in [0.1, 0.15) is 0 Å². The van der Waals surface area contributed by atoms with Crippen LogP contribution in [0.3, 0.4) is 0 Å². The van der Waals surface area contributed by atoms with Gasteiger partial charge < -0.3 is 9.84 Å². The van der Waals surface area contributed by atoms with Crippen molar-refractivity contribution in [2.75, 3.05) is 5.32 Å². The molecule has 0 saturated heterocycles. The number of hydrogen-bond acceptors (Lipinski definition) is 4. The predicted octanol–water partition coefficient (Wildman–Crippen LogP) is 4.10. The Balaban J connectivity index is 1.47. The largest absolute Gasteiger partial charge is 0.339 e.